The Morgan fingerprint density at radius 2 is 2.17 bits per heavy atom. The van der Waals surface area contributed by atoms with Gasteiger partial charge >= 0.3 is 0 Å². The highest BCUT2D eigenvalue weighted by Crippen LogP contribution is 2.54. The molecule has 2 bridgehead atoms. The quantitative estimate of drug-likeness (QED) is 0.620. The molecule has 7 nitrogen and oxygen atoms in total. The van der Waals surface area contributed by atoms with E-state index in [1.54, 1.807) is 6.20 Å². The maximum absolute atomic E-state index is 13.5. The van der Waals surface area contributed by atoms with E-state index in [2.05, 4.69) is 29.4 Å². The number of aromatic nitrogens is 2. The minimum Gasteiger partial charge on any atom is -0.393 e. The van der Waals surface area contributed by atoms with Crippen LogP contribution in [0.15, 0.2) is 12.3 Å². The molecule has 3 aliphatic rings. The number of rotatable bonds is 8. The highest BCUT2D eigenvalue weighted by molar-refractivity contribution is 5.88. The first-order valence-electron chi connectivity index (χ1n) is 11.2. The Balaban J connectivity index is 1.47. The van der Waals surface area contributed by atoms with Crippen LogP contribution in [0.4, 0.5) is 0 Å². The Labute approximate surface area is 172 Å². The minimum atomic E-state index is -0.473. The zero-order valence-corrected chi connectivity index (χ0v) is 17.6. The van der Waals surface area contributed by atoms with Crippen molar-refractivity contribution in [2.24, 2.45) is 17.3 Å². The first-order valence-corrected chi connectivity index (χ1v) is 11.2. The van der Waals surface area contributed by atoms with Gasteiger partial charge in [0.1, 0.15) is 0 Å². The highest BCUT2D eigenvalue weighted by atomic mass is 16.3. The second kappa shape index (κ2) is 8.09. The van der Waals surface area contributed by atoms with Gasteiger partial charge in [-0.05, 0) is 56.9 Å². The molecule has 1 saturated carbocycles. The molecule has 4 rings (SSSR count). The average Bonchev–Trinajstić information content (AvgIpc) is 3.38. The van der Waals surface area contributed by atoms with E-state index >= 15 is 0 Å². The van der Waals surface area contributed by atoms with Gasteiger partial charge in [0, 0.05) is 42.9 Å². The summed E-state index contributed by atoms with van der Waals surface area (Å²) >= 11 is 0. The lowest BCUT2D eigenvalue weighted by atomic mass is 9.69. The van der Waals surface area contributed by atoms with Crippen LogP contribution in [0.5, 0.6) is 0 Å². The van der Waals surface area contributed by atoms with Crippen LogP contribution in [-0.2, 0) is 16.0 Å². The fraction of sp³-hybridized carbons (Fsp3) is 0.773. The Morgan fingerprint density at radius 1 is 1.38 bits per heavy atom. The number of nitrogens with one attached hydrogen (secondary N) is 2. The van der Waals surface area contributed by atoms with Crippen molar-refractivity contribution in [1.29, 1.82) is 0 Å². The molecule has 0 spiro atoms. The lowest BCUT2D eigenvalue weighted by molar-refractivity contribution is -0.145. The molecule has 2 amide bonds. The predicted octanol–water partition coefficient (Wildman–Crippen LogP) is 2.03. The van der Waals surface area contributed by atoms with Gasteiger partial charge in [0.2, 0.25) is 11.8 Å². The van der Waals surface area contributed by atoms with Crippen LogP contribution in [0.2, 0.25) is 0 Å². The number of aromatic amines is 1. The van der Waals surface area contributed by atoms with Crippen molar-refractivity contribution in [3.05, 3.63) is 18.0 Å². The topological polar surface area (TPSA) is 98.3 Å². The van der Waals surface area contributed by atoms with Gasteiger partial charge in [0.05, 0.1) is 11.5 Å². The summed E-state index contributed by atoms with van der Waals surface area (Å²) in [5.41, 5.74) is 0.536. The third-order valence-corrected chi connectivity index (χ3v) is 7.32. The molecule has 29 heavy (non-hydrogen) atoms. The summed E-state index contributed by atoms with van der Waals surface area (Å²) < 4.78 is 0. The molecule has 0 unspecified atom stereocenters. The molecule has 160 valence electrons. The van der Waals surface area contributed by atoms with Gasteiger partial charge in [-0.3, -0.25) is 14.7 Å². The number of hydrogen-bond acceptors (Lipinski definition) is 4. The maximum atomic E-state index is 13.5. The van der Waals surface area contributed by atoms with Gasteiger partial charge in [0.25, 0.3) is 0 Å². The number of carbonyl (C=O) groups excluding carboxylic acids is 2. The molecule has 3 N–H and O–H groups in total. The van der Waals surface area contributed by atoms with Crippen LogP contribution in [0, 0.1) is 17.3 Å². The number of H-pyrrole nitrogens is 1. The largest absolute Gasteiger partial charge is 0.393 e. The van der Waals surface area contributed by atoms with Crippen molar-refractivity contribution in [1.82, 2.24) is 20.4 Å². The molecule has 0 aromatic carbocycles. The van der Waals surface area contributed by atoms with E-state index in [0.29, 0.717) is 25.3 Å². The van der Waals surface area contributed by atoms with E-state index in [0.717, 1.165) is 44.2 Å². The molecular weight excluding hydrogens is 368 g/mol. The SMILES string of the molecule is CC(C)CC[C@]1(C(=O)NCCc2ccn[nH]2)C[C@H]2CC[C@@H]1N2C(=O)C1CC(O)C1. The average molecular weight is 403 g/mol. The smallest absolute Gasteiger partial charge is 0.228 e. The molecule has 7 heteroatoms. The lowest BCUT2D eigenvalue weighted by Gasteiger charge is -2.39. The summed E-state index contributed by atoms with van der Waals surface area (Å²) in [7, 11) is 0. The molecule has 2 aliphatic heterocycles. The van der Waals surface area contributed by atoms with Crippen LogP contribution in [0.1, 0.15) is 64.5 Å². The third-order valence-electron chi connectivity index (χ3n) is 7.32. The first kappa shape index (κ1) is 20.4. The number of fused-ring (bicyclic) bond motifs is 2. The van der Waals surface area contributed by atoms with Gasteiger partial charge in [0.15, 0.2) is 0 Å². The van der Waals surface area contributed by atoms with E-state index in [1.807, 2.05) is 11.0 Å². The zero-order chi connectivity index (χ0) is 20.6. The summed E-state index contributed by atoms with van der Waals surface area (Å²) in [5, 5.41) is 19.7. The van der Waals surface area contributed by atoms with E-state index in [-0.39, 0.29) is 35.9 Å². The number of carbonyl (C=O) groups is 2. The molecule has 3 atom stereocenters. The second-order valence-corrected chi connectivity index (χ2v) is 9.70. The number of aliphatic hydroxyl groups excluding tert-OH is 1. The Hall–Kier alpha value is -1.89. The van der Waals surface area contributed by atoms with Gasteiger partial charge in [-0.1, -0.05) is 13.8 Å². The lowest BCUT2D eigenvalue weighted by Crippen LogP contribution is -2.52. The summed E-state index contributed by atoms with van der Waals surface area (Å²) in [5.74, 6) is 0.739. The van der Waals surface area contributed by atoms with Gasteiger partial charge in [-0.25, -0.2) is 0 Å². The van der Waals surface area contributed by atoms with E-state index < -0.39 is 5.41 Å². The zero-order valence-electron chi connectivity index (χ0n) is 17.6. The predicted molar refractivity (Wildman–Crippen MR) is 109 cm³/mol. The van der Waals surface area contributed by atoms with Crippen LogP contribution < -0.4 is 5.32 Å². The maximum Gasteiger partial charge on any atom is 0.228 e. The normalized spacial score (nSPS) is 33.2. The van der Waals surface area contributed by atoms with Crippen molar-refractivity contribution >= 4 is 11.8 Å². The van der Waals surface area contributed by atoms with Crippen LogP contribution in [-0.4, -0.2) is 56.8 Å². The van der Waals surface area contributed by atoms with E-state index in [4.69, 9.17) is 0 Å². The van der Waals surface area contributed by atoms with Crippen molar-refractivity contribution in [2.75, 3.05) is 6.54 Å². The molecule has 0 radical (unpaired) electrons. The van der Waals surface area contributed by atoms with Gasteiger partial charge < -0.3 is 15.3 Å². The standard InChI is InChI=1S/C22H34N4O3/c1-14(2)5-8-22(21(29)23-9-6-16-7-10-24-25-16)13-17-3-4-19(22)26(17)20(28)15-11-18(27)12-15/h7,10,14-15,17-19,27H,3-6,8-9,11-13H2,1-2H3,(H,23,29)(H,24,25)/t15?,17-,18?,19+,22+/m1/s1. The monoisotopic (exact) mass is 402 g/mol. The van der Waals surface area contributed by atoms with E-state index in [1.165, 1.54) is 0 Å². The van der Waals surface area contributed by atoms with Crippen molar-refractivity contribution in [2.45, 2.75) is 83.4 Å². The van der Waals surface area contributed by atoms with Crippen LogP contribution in [0.3, 0.4) is 0 Å². The van der Waals surface area contributed by atoms with Crippen molar-refractivity contribution in [3.63, 3.8) is 0 Å². The van der Waals surface area contributed by atoms with Gasteiger partial charge in [-0.15, -0.1) is 0 Å². The van der Waals surface area contributed by atoms with E-state index in [9.17, 15) is 14.7 Å². The Bertz CT molecular complexity index is 728. The van der Waals surface area contributed by atoms with Crippen molar-refractivity contribution in [3.8, 4) is 0 Å². The first-order chi connectivity index (χ1) is 13.9. The number of amides is 2. The number of hydrogen-bond donors (Lipinski definition) is 3. The van der Waals surface area contributed by atoms with Crippen molar-refractivity contribution < 1.29 is 14.7 Å². The van der Waals surface area contributed by atoms with Crippen LogP contribution >= 0.6 is 0 Å². The molecule has 1 aliphatic carbocycles. The Morgan fingerprint density at radius 3 is 2.83 bits per heavy atom. The fourth-order valence-electron chi connectivity index (χ4n) is 5.60. The Kier molecular flexibility index (Phi) is 5.69. The molecule has 1 aromatic rings. The number of aliphatic hydroxyl groups is 1. The fourth-order valence-corrected chi connectivity index (χ4v) is 5.60. The molecule has 3 fully saturated rings. The molecular formula is C22H34N4O3. The summed E-state index contributed by atoms with van der Waals surface area (Å²) in [6, 6.07) is 2.10. The molecule has 2 saturated heterocycles. The number of nitrogens with zero attached hydrogens (tertiary/aromatic N) is 2. The van der Waals surface area contributed by atoms with Crippen LogP contribution in [0.25, 0.3) is 0 Å². The summed E-state index contributed by atoms with van der Waals surface area (Å²) in [6.07, 6.45) is 7.77. The second-order valence-electron chi connectivity index (χ2n) is 9.70. The summed E-state index contributed by atoms with van der Waals surface area (Å²) in [6.45, 7) is 4.95. The third kappa shape index (κ3) is 3.81. The molecule has 3 heterocycles. The molecule has 1 aromatic heterocycles. The summed E-state index contributed by atoms with van der Waals surface area (Å²) in [4.78, 5) is 28.6. The minimum absolute atomic E-state index is 0.00338. The van der Waals surface area contributed by atoms with Gasteiger partial charge in [-0.2, -0.15) is 5.10 Å². The highest BCUT2D eigenvalue weighted by Gasteiger charge is 2.61.